The maximum absolute atomic E-state index is 10.9. The molecule has 0 atom stereocenters. The third-order valence-corrected chi connectivity index (χ3v) is 1.57. The molecule has 0 radical (unpaired) electrons. The average molecular weight is 210 g/mol. The zero-order chi connectivity index (χ0) is 11.3. The van der Waals surface area contributed by atoms with Crippen LogP contribution in [0.25, 0.3) is 6.08 Å². The van der Waals surface area contributed by atoms with E-state index in [1.807, 2.05) is 0 Å². The SMILES string of the molecule is CCOC(=O)C=Cc1cn[nH]c1C(=O)O. The number of carboxylic acid groups (broad SMARTS) is 1. The molecule has 80 valence electrons. The van der Waals surface area contributed by atoms with Crippen LogP contribution in [0.15, 0.2) is 12.3 Å². The minimum Gasteiger partial charge on any atom is -0.477 e. The van der Waals surface area contributed by atoms with Crippen LogP contribution in [0.2, 0.25) is 0 Å². The first-order chi connectivity index (χ1) is 7.15. The molecule has 6 heteroatoms. The molecule has 2 N–H and O–H groups in total. The van der Waals surface area contributed by atoms with Gasteiger partial charge in [-0.2, -0.15) is 5.10 Å². The Hall–Kier alpha value is -2.11. The van der Waals surface area contributed by atoms with E-state index in [0.29, 0.717) is 5.56 Å². The molecule has 1 aromatic heterocycles. The smallest absolute Gasteiger partial charge is 0.354 e. The van der Waals surface area contributed by atoms with Gasteiger partial charge in [0.1, 0.15) is 0 Å². The Labute approximate surface area is 85.6 Å². The molecule has 15 heavy (non-hydrogen) atoms. The number of carboxylic acids is 1. The third kappa shape index (κ3) is 2.94. The molecule has 1 aromatic rings. The Bertz CT molecular complexity index is 395. The second-order valence-electron chi connectivity index (χ2n) is 2.59. The van der Waals surface area contributed by atoms with E-state index in [-0.39, 0.29) is 12.3 Å². The first-order valence-electron chi connectivity index (χ1n) is 4.26. The summed E-state index contributed by atoms with van der Waals surface area (Å²) in [7, 11) is 0. The highest BCUT2D eigenvalue weighted by molar-refractivity contribution is 5.93. The lowest BCUT2D eigenvalue weighted by Gasteiger charge is -1.94. The monoisotopic (exact) mass is 210 g/mol. The maximum atomic E-state index is 10.9. The summed E-state index contributed by atoms with van der Waals surface area (Å²) in [6.07, 6.45) is 3.81. The molecule has 0 aliphatic heterocycles. The van der Waals surface area contributed by atoms with Gasteiger partial charge in [-0.05, 0) is 13.0 Å². The van der Waals surface area contributed by atoms with Crippen LogP contribution >= 0.6 is 0 Å². The molecule has 0 spiro atoms. The van der Waals surface area contributed by atoms with Crippen LogP contribution in [-0.4, -0.2) is 33.8 Å². The van der Waals surface area contributed by atoms with Gasteiger partial charge in [0.15, 0.2) is 5.69 Å². The number of carbonyl (C=O) groups excluding carboxylic acids is 1. The lowest BCUT2D eigenvalue weighted by Crippen LogP contribution is -2.00. The van der Waals surface area contributed by atoms with E-state index in [9.17, 15) is 9.59 Å². The highest BCUT2D eigenvalue weighted by Crippen LogP contribution is 2.06. The van der Waals surface area contributed by atoms with Gasteiger partial charge in [-0.15, -0.1) is 0 Å². The minimum absolute atomic E-state index is 0.0597. The van der Waals surface area contributed by atoms with Crippen LogP contribution in [0.4, 0.5) is 0 Å². The lowest BCUT2D eigenvalue weighted by atomic mass is 10.2. The molecule has 0 amide bonds. The number of carbonyl (C=O) groups is 2. The number of nitrogens with zero attached hydrogens (tertiary/aromatic N) is 1. The van der Waals surface area contributed by atoms with Crippen molar-refractivity contribution in [3.8, 4) is 0 Å². The van der Waals surface area contributed by atoms with Crippen LogP contribution in [0, 0.1) is 0 Å². The fourth-order valence-corrected chi connectivity index (χ4v) is 0.941. The van der Waals surface area contributed by atoms with Gasteiger partial charge >= 0.3 is 11.9 Å². The van der Waals surface area contributed by atoms with E-state index >= 15 is 0 Å². The highest BCUT2D eigenvalue weighted by Gasteiger charge is 2.09. The predicted molar refractivity (Wildman–Crippen MR) is 51.2 cm³/mol. The summed E-state index contributed by atoms with van der Waals surface area (Å²) in [6.45, 7) is 1.96. The molecule has 0 saturated carbocycles. The predicted octanol–water partition coefficient (Wildman–Crippen LogP) is 0.684. The quantitative estimate of drug-likeness (QED) is 0.563. The average Bonchev–Trinajstić information content (AvgIpc) is 2.63. The first-order valence-corrected chi connectivity index (χ1v) is 4.26. The van der Waals surface area contributed by atoms with Gasteiger partial charge in [0.05, 0.1) is 12.8 Å². The molecule has 0 saturated heterocycles. The Kier molecular flexibility index (Phi) is 3.61. The number of aromatic carboxylic acids is 1. The second kappa shape index (κ2) is 4.94. The summed E-state index contributed by atoms with van der Waals surface area (Å²) in [6, 6.07) is 0. The van der Waals surface area contributed by atoms with Gasteiger partial charge in [-0.3, -0.25) is 5.10 Å². The van der Waals surface area contributed by atoms with E-state index in [1.54, 1.807) is 6.92 Å². The third-order valence-electron chi connectivity index (χ3n) is 1.57. The number of ether oxygens (including phenoxy) is 1. The van der Waals surface area contributed by atoms with E-state index in [4.69, 9.17) is 5.11 Å². The highest BCUT2D eigenvalue weighted by atomic mass is 16.5. The number of aromatic nitrogens is 2. The topological polar surface area (TPSA) is 92.3 Å². The number of rotatable bonds is 4. The van der Waals surface area contributed by atoms with Gasteiger partial charge in [0.25, 0.3) is 0 Å². The summed E-state index contributed by atoms with van der Waals surface area (Å²) in [4.78, 5) is 21.6. The largest absolute Gasteiger partial charge is 0.477 e. The van der Waals surface area contributed by atoms with Crippen molar-refractivity contribution in [1.29, 1.82) is 0 Å². The molecule has 0 aromatic carbocycles. The van der Waals surface area contributed by atoms with Crippen molar-refractivity contribution in [3.05, 3.63) is 23.5 Å². The van der Waals surface area contributed by atoms with E-state index in [1.165, 1.54) is 12.3 Å². The molecular formula is C9H10N2O4. The van der Waals surface area contributed by atoms with Crippen molar-refractivity contribution in [1.82, 2.24) is 10.2 Å². The maximum Gasteiger partial charge on any atom is 0.354 e. The van der Waals surface area contributed by atoms with Crippen LogP contribution in [0.5, 0.6) is 0 Å². The van der Waals surface area contributed by atoms with Gasteiger partial charge < -0.3 is 9.84 Å². The van der Waals surface area contributed by atoms with E-state index in [0.717, 1.165) is 6.08 Å². The van der Waals surface area contributed by atoms with Crippen molar-refractivity contribution in [2.75, 3.05) is 6.61 Å². The number of nitrogens with one attached hydrogen (secondary N) is 1. The van der Waals surface area contributed by atoms with Gasteiger partial charge in [-0.1, -0.05) is 0 Å². The normalized spacial score (nSPS) is 10.5. The molecule has 1 rings (SSSR count). The number of aromatic amines is 1. The Morgan fingerprint density at radius 3 is 3.00 bits per heavy atom. The van der Waals surface area contributed by atoms with Crippen molar-refractivity contribution >= 4 is 18.0 Å². The zero-order valence-electron chi connectivity index (χ0n) is 8.06. The fourth-order valence-electron chi connectivity index (χ4n) is 0.941. The zero-order valence-corrected chi connectivity index (χ0v) is 8.06. The van der Waals surface area contributed by atoms with Crippen molar-refractivity contribution < 1.29 is 19.4 Å². The number of hydrogen-bond donors (Lipinski definition) is 2. The Morgan fingerprint density at radius 2 is 2.40 bits per heavy atom. The van der Waals surface area contributed by atoms with Crippen molar-refractivity contribution in [3.63, 3.8) is 0 Å². The van der Waals surface area contributed by atoms with E-state index < -0.39 is 11.9 Å². The summed E-state index contributed by atoms with van der Waals surface area (Å²) in [5.74, 6) is -1.65. The molecule has 0 fully saturated rings. The van der Waals surface area contributed by atoms with Gasteiger partial charge in [0.2, 0.25) is 0 Å². The molecule has 0 unspecified atom stereocenters. The molecule has 0 bridgehead atoms. The molecule has 1 heterocycles. The Morgan fingerprint density at radius 1 is 1.67 bits per heavy atom. The number of hydrogen-bond acceptors (Lipinski definition) is 4. The second-order valence-corrected chi connectivity index (χ2v) is 2.59. The molecule has 0 aliphatic rings. The first kappa shape index (κ1) is 11.0. The summed E-state index contributed by atoms with van der Waals surface area (Å²) >= 11 is 0. The van der Waals surface area contributed by atoms with Crippen LogP contribution in [0.1, 0.15) is 23.0 Å². The summed E-state index contributed by atoms with van der Waals surface area (Å²) < 4.78 is 4.64. The molecular weight excluding hydrogens is 200 g/mol. The summed E-state index contributed by atoms with van der Waals surface area (Å²) in [5, 5.41) is 14.6. The van der Waals surface area contributed by atoms with Crippen molar-refractivity contribution in [2.45, 2.75) is 6.92 Å². The minimum atomic E-state index is -1.13. The number of esters is 1. The lowest BCUT2D eigenvalue weighted by molar-refractivity contribution is -0.137. The summed E-state index contributed by atoms with van der Waals surface area (Å²) in [5.41, 5.74) is 0.270. The number of H-pyrrole nitrogens is 1. The van der Waals surface area contributed by atoms with Crippen LogP contribution in [0.3, 0.4) is 0 Å². The standard InChI is InChI=1S/C9H10N2O4/c1-2-15-7(12)4-3-6-5-10-11-8(6)9(13)14/h3-5H,2H2,1H3,(H,10,11)(H,13,14). The fraction of sp³-hybridized carbons (Fsp3) is 0.222. The molecule has 0 aliphatic carbocycles. The van der Waals surface area contributed by atoms with E-state index in [2.05, 4.69) is 14.9 Å². The van der Waals surface area contributed by atoms with Crippen LogP contribution in [-0.2, 0) is 9.53 Å². The van der Waals surface area contributed by atoms with Crippen molar-refractivity contribution in [2.24, 2.45) is 0 Å². The molecule has 6 nitrogen and oxygen atoms in total. The van der Waals surface area contributed by atoms with Gasteiger partial charge in [0, 0.05) is 11.6 Å². The van der Waals surface area contributed by atoms with Crippen LogP contribution < -0.4 is 0 Å². The Balaban J connectivity index is 2.76. The van der Waals surface area contributed by atoms with Gasteiger partial charge in [-0.25, -0.2) is 9.59 Å².